The molecule has 5 heteroatoms. The van der Waals surface area contributed by atoms with Crippen molar-refractivity contribution in [3.05, 3.63) is 42.2 Å². The Labute approximate surface area is 125 Å². The van der Waals surface area contributed by atoms with Crippen LogP contribution in [0, 0.1) is 0 Å². The van der Waals surface area contributed by atoms with Crippen LogP contribution in [0.2, 0.25) is 0 Å². The van der Waals surface area contributed by atoms with Crippen LogP contribution in [-0.4, -0.2) is 19.1 Å². The highest BCUT2D eigenvalue weighted by Crippen LogP contribution is 2.35. The average molecular weight is 279 g/mol. The number of hydrogen-bond acceptors (Lipinski definition) is 2. The van der Waals surface area contributed by atoms with E-state index in [2.05, 4.69) is 20.6 Å². The van der Waals surface area contributed by atoms with Gasteiger partial charge in [0.2, 0.25) is 5.65 Å². The zero-order valence-corrected chi connectivity index (χ0v) is 11.4. The third-order valence-electron chi connectivity index (χ3n) is 4.27. The topological polar surface area (TPSA) is 39.5 Å². The van der Waals surface area contributed by atoms with Gasteiger partial charge in [-0.15, -0.1) is 0 Å². The number of fused-ring (bicyclic) bond motifs is 7. The lowest BCUT2D eigenvalue weighted by atomic mass is 10.2. The maximum Gasteiger partial charge on any atom is 0.270 e. The Morgan fingerprint density at radius 2 is 2.10 bits per heavy atom. The van der Waals surface area contributed by atoms with Gasteiger partial charge in [0.25, 0.3) is 11.5 Å². The minimum absolute atomic E-state index is 0.484. The fourth-order valence-electron chi connectivity index (χ4n) is 3.43. The maximum atomic E-state index is 7.97. The minimum Gasteiger partial charge on any atom is -0.249 e. The maximum absolute atomic E-state index is 7.97. The summed E-state index contributed by atoms with van der Waals surface area (Å²) in [5.74, 6) is 0.930. The Bertz CT molecular complexity index is 1140. The first kappa shape index (κ1) is 8.56. The molecule has 0 aromatic carbocycles. The molecule has 21 heavy (non-hydrogen) atoms. The lowest BCUT2D eigenvalue weighted by Gasteiger charge is -1.97. The Morgan fingerprint density at radius 3 is 3.00 bits per heavy atom. The molecule has 4 aromatic rings. The second kappa shape index (κ2) is 3.49. The number of imidazole rings is 1. The molecule has 5 nitrogen and oxygen atoms in total. The molecule has 0 fully saturated rings. The monoisotopic (exact) mass is 279 g/mol. The highest BCUT2D eigenvalue weighted by molar-refractivity contribution is 6.03. The van der Waals surface area contributed by atoms with Crippen LogP contribution >= 0.6 is 0 Å². The summed E-state index contributed by atoms with van der Waals surface area (Å²) in [7, 11) is 1.89. The summed E-state index contributed by atoms with van der Waals surface area (Å²) in [4.78, 5) is 8.83. The van der Waals surface area contributed by atoms with Crippen LogP contribution < -0.4 is 4.57 Å². The minimum atomic E-state index is -2.30. The Balaban J connectivity index is 2.02. The van der Waals surface area contributed by atoms with E-state index in [1.54, 1.807) is 12.4 Å². The van der Waals surface area contributed by atoms with E-state index in [0.717, 1.165) is 28.0 Å². The van der Waals surface area contributed by atoms with E-state index in [4.69, 9.17) is 4.11 Å². The predicted molar refractivity (Wildman–Crippen MR) is 79.7 cm³/mol. The zero-order valence-electron chi connectivity index (χ0n) is 14.4. The first-order chi connectivity index (χ1) is 11.5. The fourth-order valence-corrected chi connectivity index (χ4v) is 3.43. The molecule has 0 unspecified atom stereocenters. The molecule has 0 amide bonds. The quantitative estimate of drug-likeness (QED) is 0.405. The number of rotatable bonds is 0. The fraction of sp³-hybridized carbons (Fsp3) is 0.188. The Morgan fingerprint density at radius 1 is 1.24 bits per heavy atom. The van der Waals surface area contributed by atoms with Crippen molar-refractivity contribution in [2.45, 2.75) is 6.54 Å². The van der Waals surface area contributed by atoms with E-state index in [9.17, 15) is 0 Å². The molecule has 5 heterocycles. The molecule has 1 aliphatic rings. The van der Waals surface area contributed by atoms with Gasteiger partial charge in [-0.3, -0.25) is 0 Å². The van der Waals surface area contributed by atoms with Crippen LogP contribution in [0.4, 0.5) is 0 Å². The van der Waals surface area contributed by atoms with Crippen molar-refractivity contribution in [2.75, 3.05) is 0 Å². The smallest absolute Gasteiger partial charge is 0.249 e. The SMILES string of the molecule is [2H]C([2H])([2H])n1c2ncccc2c2c1[n+](C)c1n2Cc2cccnc2-1. The lowest BCUT2D eigenvalue weighted by molar-refractivity contribution is -0.636. The molecule has 0 saturated carbocycles. The lowest BCUT2D eigenvalue weighted by Crippen LogP contribution is -2.31. The zero-order chi connectivity index (χ0) is 16.6. The van der Waals surface area contributed by atoms with Crippen LogP contribution in [0.15, 0.2) is 36.7 Å². The van der Waals surface area contributed by atoms with Crippen LogP contribution in [0.5, 0.6) is 0 Å². The standard InChI is InChI=1S/C16H14N5/c1-19-14-11(6-4-8-18-14)13-16(19)20(2)15-12-10(9-21(13)15)5-3-7-17-12/h3-8H,9H2,1-2H3/q+1/i1D3. The normalized spacial score (nSPS) is 15.8. The molecule has 0 spiro atoms. The van der Waals surface area contributed by atoms with Crippen molar-refractivity contribution >= 4 is 22.2 Å². The second-order valence-corrected chi connectivity index (χ2v) is 5.36. The predicted octanol–water partition coefficient (Wildman–Crippen LogP) is 1.78. The summed E-state index contributed by atoms with van der Waals surface area (Å²) in [6.45, 7) is -1.62. The molecule has 0 atom stereocenters. The van der Waals surface area contributed by atoms with E-state index in [1.165, 1.54) is 4.57 Å². The van der Waals surface area contributed by atoms with Gasteiger partial charge >= 0.3 is 0 Å². The molecule has 0 aliphatic carbocycles. The van der Waals surface area contributed by atoms with Crippen molar-refractivity contribution < 1.29 is 8.68 Å². The van der Waals surface area contributed by atoms with Crippen molar-refractivity contribution in [3.8, 4) is 11.5 Å². The summed E-state index contributed by atoms with van der Waals surface area (Å²) in [6, 6.07) is 7.75. The molecule has 102 valence electrons. The number of pyridine rings is 2. The molecular weight excluding hydrogens is 262 g/mol. The molecule has 0 N–H and O–H groups in total. The van der Waals surface area contributed by atoms with Gasteiger partial charge in [0.05, 0.1) is 30.1 Å². The summed E-state index contributed by atoms with van der Waals surface area (Å²) in [5.41, 5.74) is 4.08. The van der Waals surface area contributed by atoms with Crippen LogP contribution in [0.1, 0.15) is 9.68 Å². The molecule has 0 radical (unpaired) electrons. The van der Waals surface area contributed by atoms with Gasteiger partial charge in [-0.25, -0.2) is 23.7 Å². The first-order valence-electron chi connectivity index (χ1n) is 8.31. The van der Waals surface area contributed by atoms with Gasteiger partial charge < -0.3 is 0 Å². The molecule has 1 aliphatic heterocycles. The largest absolute Gasteiger partial charge is 0.270 e. The Kier molecular flexibility index (Phi) is 1.42. The third-order valence-corrected chi connectivity index (χ3v) is 4.27. The highest BCUT2D eigenvalue weighted by Gasteiger charge is 2.35. The van der Waals surface area contributed by atoms with Gasteiger partial charge in [0.15, 0.2) is 5.52 Å². The molecular formula is C16H14N5+. The van der Waals surface area contributed by atoms with Gasteiger partial charge in [-0.2, -0.15) is 0 Å². The van der Waals surface area contributed by atoms with E-state index in [-0.39, 0.29) is 0 Å². The van der Waals surface area contributed by atoms with E-state index >= 15 is 0 Å². The molecule has 5 rings (SSSR count). The van der Waals surface area contributed by atoms with Crippen LogP contribution in [0.25, 0.3) is 33.7 Å². The number of hydrogen-bond donors (Lipinski definition) is 0. The summed E-state index contributed by atoms with van der Waals surface area (Å²) in [6.07, 6.45) is 3.40. The van der Waals surface area contributed by atoms with Crippen molar-refractivity contribution in [1.82, 2.24) is 19.1 Å². The van der Waals surface area contributed by atoms with E-state index in [0.29, 0.717) is 17.8 Å². The van der Waals surface area contributed by atoms with E-state index < -0.39 is 6.98 Å². The Hall–Kier alpha value is -2.69. The van der Waals surface area contributed by atoms with Crippen molar-refractivity contribution in [3.63, 3.8) is 0 Å². The van der Waals surface area contributed by atoms with Gasteiger partial charge in [-0.1, -0.05) is 6.07 Å². The highest BCUT2D eigenvalue weighted by atomic mass is 15.3. The summed E-state index contributed by atoms with van der Waals surface area (Å²) >= 11 is 0. The number of nitrogens with zero attached hydrogens (tertiary/aromatic N) is 5. The van der Waals surface area contributed by atoms with Gasteiger partial charge in [0, 0.05) is 18.0 Å². The molecule has 4 aromatic heterocycles. The van der Waals surface area contributed by atoms with Crippen molar-refractivity contribution in [1.29, 1.82) is 0 Å². The molecule has 0 bridgehead atoms. The third kappa shape index (κ3) is 1.15. The van der Waals surface area contributed by atoms with Crippen LogP contribution in [0.3, 0.4) is 0 Å². The van der Waals surface area contributed by atoms with Gasteiger partial charge in [0.1, 0.15) is 5.69 Å². The number of aryl methyl sites for hydroxylation is 2. The summed E-state index contributed by atoms with van der Waals surface area (Å²) in [5, 5.41) is 0.846. The van der Waals surface area contributed by atoms with Crippen LogP contribution in [-0.2, 0) is 20.6 Å². The second-order valence-electron chi connectivity index (χ2n) is 5.36. The average Bonchev–Trinajstić information content (AvgIpc) is 3.15. The number of aromatic nitrogens is 5. The summed E-state index contributed by atoms with van der Waals surface area (Å²) < 4.78 is 29.3. The van der Waals surface area contributed by atoms with Crippen molar-refractivity contribution in [2.24, 2.45) is 14.0 Å². The van der Waals surface area contributed by atoms with Gasteiger partial charge in [-0.05, 0) is 18.2 Å². The van der Waals surface area contributed by atoms with E-state index in [1.807, 2.05) is 29.8 Å². The first-order valence-corrected chi connectivity index (χ1v) is 6.81. The molecule has 0 saturated heterocycles.